The summed E-state index contributed by atoms with van der Waals surface area (Å²) in [5, 5.41) is 10.6. The molecule has 0 saturated carbocycles. The number of hydrogen-bond donors (Lipinski definition) is 2. The first kappa shape index (κ1) is 20.6. The van der Waals surface area contributed by atoms with Crippen molar-refractivity contribution in [2.75, 3.05) is 46.4 Å². The van der Waals surface area contributed by atoms with Gasteiger partial charge in [0.1, 0.15) is 0 Å². The lowest BCUT2D eigenvalue weighted by molar-refractivity contribution is -0.0284. The van der Waals surface area contributed by atoms with Gasteiger partial charge in [0.2, 0.25) is 5.89 Å². The maximum atomic E-state index is 5.86. The molecule has 2 heterocycles. The summed E-state index contributed by atoms with van der Waals surface area (Å²) in [4.78, 5) is 11.1. The summed E-state index contributed by atoms with van der Waals surface area (Å²) in [5.41, 5.74) is 0. The first-order chi connectivity index (χ1) is 12.5. The van der Waals surface area contributed by atoms with Crippen molar-refractivity contribution >= 4 is 5.96 Å². The van der Waals surface area contributed by atoms with Crippen LogP contribution in [-0.4, -0.2) is 73.5 Å². The van der Waals surface area contributed by atoms with Crippen molar-refractivity contribution in [3.8, 4) is 0 Å². The summed E-state index contributed by atoms with van der Waals surface area (Å²) in [5.74, 6) is 3.12. The SMILES string of the molecule is CN=C(NCCc1nc(C(C)C)no1)NCC1CN(CC(C)C)CCO1. The topological polar surface area (TPSA) is 87.8 Å². The molecule has 1 saturated heterocycles. The van der Waals surface area contributed by atoms with Gasteiger partial charge in [-0.2, -0.15) is 4.98 Å². The molecule has 0 aromatic carbocycles. The summed E-state index contributed by atoms with van der Waals surface area (Å²) in [7, 11) is 1.77. The van der Waals surface area contributed by atoms with Crippen molar-refractivity contribution in [2.24, 2.45) is 10.9 Å². The van der Waals surface area contributed by atoms with Gasteiger partial charge in [-0.1, -0.05) is 32.9 Å². The second-order valence-corrected chi connectivity index (χ2v) is 7.48. The molecule has 1 aliphatic rings. The third-order valence-electron chi connectivity index (χ3n) is 4.20. The minimum Gasteiger partial charge on any atom is -0.374 e. The summed E-state index contributed by atoms with van der Waals surface area (Å²) in [6.07, 6.45) is 0.855. The number of nitrogens with one attached hydrogen (secondary N) is 2. The molecule has 1 aliphatic heterocycles. The molecule has 1 fully saturated rings. The third kappa shape index (κ3) is 6.92. The average molecular weight is 367 g/mol. The van der Waals surface area contributed by atoms with E-state index in [2.05, 4.69) is 44.5 Å². The first-order valence-corrected chi connectivity index (χ1v) is 9.58. The van der Waals surface area contributed by atoms with Gasteiger partial charge in [-0.15, -0.1) is 0 Å². The van der Waals surface area contributed by atoms with Crippen molar-refractivity contribution in [1.82, 2.24) is 25.7 Å². The molecule has 1 unspecified atom stereocenters. The summed E-state index contributed by atoms with van der Waals surface area (Å²) >= 11 is 0. The minimum absolute atomic E-state index is 0.186. The number of nitrogens with zero attached hydrogens (tertiary/aromatic N) is 4. The quantitative estimate of drug-likeness (QED) is 0.529. The van der Waals surface area contributed by atoms with Crippen LogP contribution < -0.4 is 10.6 Å². The molecule has 0 amide bonds. The van der Waals surface area contributed by atoms with E-state index in [0.717, 1.165) is 44.6 Å². The van der Waals surface area contributed by atoms with E-state index in [0.29, 0.717) is 24.8 Å². The Bertz CT molecular complexity index is 558. The van der Waals surface area contributed by atoms with Crippen LogP contribution in [0.2, 0.25) is 0 Å². The number of aliphatic imine (C=N–C) groups is 1. The fourth-order valence-electron chi connectivity index (χ4n) is 2.91. The van der Waals surface area contributed by atoms with Gasteiger partial charge < -0.3 is 19.9 Å². The molecule has 148 valence electrons. The standard InChI is InChI=1S/C18H34N6O2/c1-13(2)11-24-8-9-25-15(12-24)10-21-18(19-5)20-7-6-16-22-17(14(3)4)23-26-16/h13-15H,6-12H2,1-5H3,(H2,19,20,21). The van der Waals surface area contributed by atoms with Crippen LogP contribution in [0.3, 0.4) is 0 Å². The predicted molar refractivity (Wildman–Crippen MR) is 102 cm³/mol. The number of aromatic nitrogens is 2. The Labute approximate surface area is 156 Å². The lowest BCUT2D eigenvalue weighted by Crippen LogP contribution is -2.50. The van der Waals surface area contributed by atoms with Crippen molar-refractivity contribution in [2.45, 2.75) is 46.1 Å². The first-order valence-electron chi connectivity index (χ1n) is 9.58. The predicted octanol–water partition coefficient (Wildman–Crippen LogP) is 1.26. The Kier molecular flexibility index (Phi) is 8.31. The molecule has 0 aliphatic carbocycles. The van der Waals surface area contributed by atoms with Crippen LogP contribution >= 0.6 is 0 Å². The fourth-order valence-corrected chi connectivity index (χ4v) is 2.91. The van der Waals surface area contributed by atoms with Crippen LogP contribution in [0.1, 0.15) is 45.3 Å². The van der Waals surface area contributed by atoms with Gasteiger partial charge in [0.15, 0.2) is 11.8 Å². The van der Waals surface area contributed by atoms with Crippen molar-refractivity contribution < 1.29 is 9.26 Å². The van der Waals surface area contributed by atoms with Gasteiger partial charge in [-0.25, -0.2) is 0 Å². The lowest BCUT2D eigenvalue weighted by Gasteiger charge is -2.34. The number of hydrogen-bond acceptors (Lipinski definition) is 6. The molecule has 8 heteroatoms. The zero-order valence-corrected chi connectivity index (χ0v) is 16.8. The van der Waals surface area contributed by atoms with E-state index in [1.807, 2.05) is 13.8 Å². The molecule has 0 radical (unpaired) electrons. The number of rotatable bonds is 8. The molecular weight excluding hydrogens is 332 g/mol. The lowest BCUT2D eigenvalue weighted by atomic mass is 10.2. The average Bonchev–Trinajstić information content (AvgIpc) is 3.07. The summed E-state index contributed by atoms with van der Waals surface area (Å²) < 4.78 is 11.1. The zero-order chi connectivity index (χ0) is 18.9. The largest absolute Gasteiger partial charge is 0.374 e. The highest BCUT2D eigenvalue weighted by molar-refractivity contribution is 5.79. The third-order valence-corrected chi connectivity index (χ3v) is 4.20. The molecule has 1 aromatic heterocycles. The van der Waals surface area contributed by atoms with Gasteiger partial charge in [-0.3, -0.25) is 9.89 Å². The molecule has 1 atom stereocenters. The van der Waals surface area contributed by atoms with Crippen molar-refractivity contribution in [1.29, 1.82) is 0 Å². The monoisotopic (exact) mass is 366 g/mol. The second-order valence-electron chi connectivity index (χ2n) is 7.48. The van der Waals surface area contributed by atoms with Gasteiger partial charge in [-0.05, 0) is 5.92 Å². The van der Waals surface area contributed by atoms with Crippen molar-refractivity contribution in [3.05, 3.63) is 11.7 Å². The molecule has 2 rings (SSSR count). The Hall–Kier alpha value is -1.67. The van der Waals surface area contributed by atoms with E-state index in [-0.39, 0.29) is 12.0 Å². The maximum Gasteiger partial charge on any atom is 0.228 e. The van der Waals surface area contributed by atoms with E-state index in [1.54, 1.807) is 7.05 Å². The molecule has 0 spiro atoms. The van der Waals surface area contributed by atoms with E-state index in [1.165, 1.54) is 0 Å². The van der Waals surface area contributed by atoms with Crippen LogP contribution in [0.25, 0.3) is 0 Å². The Morgan fingerprint density at radius 3 is 2.77 bits per heavy atom. The van der Waals surface area contributed by atoms with E-state index >= 15 is 0 Å². The van der Waals surface area contributed by atoms with Crippen molar-refractivity contribution in [3.63, 3.8) is 0 Å². The van der Waals surface area contributed by atoms with Crippen LogP contribution in [0.15, 0.2) is 9.52 Å². The minimum atomic E-state index is 0.186. The zero-order valence-electron chi connectivity index (χ0n) is 16.8. The van der Waals surface area contributed by atoms with Crippen LogP contribution in [0.5, 0.6) is 0 Å². The van der Waals surface area contributed by atoms with Gasteiger partial charge in [0.05, 0.1) is 12.7 Å². The molecular formula is C18H34N6O2. The van der Waals surface area contributed by atoms with E-state index in [4.69, 9.17) is 9.26 Å². The van der Waals surface area contributed by atoms with Gasteiger partial charge >= 0.3 is 0 Å². The molecule has 8 nitrogen and oxygen atoms in total. The Morgan fingerprint density at radius 1 is 1.31 bits per heavy atom. The van der Waals surface area contributed by atoms with Crippen LogP contribution in [0, 0.1) is 5.92 Å². The highest BCUT2D eigenvalue weighted by Crippen LogP contribution is 2.09. The smallest absolute Gasteiger partial charge is 0.228 e. The fraction of sp³-hybridized carbons (Fsp3) is 0.833. The van der Waals surface area contributed by atoms with Gasteiger partial charge in [0.25, 0.3) is 0 Å². The normalized spacial score (nSPS) is 19.3. The van der Waals surface area contributed by atoms with Gasteiger partial charge in [0, 0.05) is 52.1 Å². The van der Waals surface area contributed by atoms with E-state index in [9.17, 15) is 0 Å². The maximum absolute atomic E-state index is 5.86. The molecule has 0 bridgehead atoms. The molecule has 2 N–H and O–H groups in total. The molecule has 1 aromatic rings. The van der Waals surface area contributed by atoms with E-state index < -0.39 is 0 Å². The Balaban J connectivity index is 1.68. The van der Waals surface area contributed by atoms with Crippen LogP contribution in [-0.2, 0) is 11.2 Å². The number of guanidine groups is 1. The number of ether oxygens (including phenoxy) is 1. The molecule has 26 heavy (non-hydrogen) atoms. The Morgan fingerprint density at radius 2 is 2.12 bits per heavy atom. The highest BCUT2D eigenvalue weighted by atomic mass is 16.5. The summed E-state index contributed by atoms with van der Waals surface area (Å²) in [6.45, 7) is 13.9. The van der Waals surface area contributed by atoms with Crippen LogP contribution in [0.4, 0.5) is 0 Å². The highest BCUT2D eigenvalue weighted by Gasteiger charge is 2.21. The number of morpholine rings is 1. The summed E-state index contributed by atoms with van der Waals surface area (Å²) in [6, 6.07) is 0. The second kappa shape index (κ2) is 10.5.